The van der Waals surface area contributed by atoms with Crippen LogP contribution in [0.1, 0.15) is 36.7 Å². The molecular weight excluding hydrogens is 462 g/mol. The highest BCUT2D eigenvalue weighted by molar-refractivity contribution is 5.77. The molecule has 2 aromatic carbocycles. The maximum atomic E-state index is 13.6. The third kappa shape index (κ3) is 3.66. The maximum absolute atomic E-state index is 13.6. The molecule has 0 bridgehead atoms. The Morgan fingerprint density at radius 3 is 2.21 bits per heavy atom. The molecule has 1 saturated heterocycles. The van der Waals surface area contributed by atoms with E-state index in [9.17, 15) is 26.3 Å². The number of hydrogen-bond donors (Lipinski definition) is 1. The Morgan fingerprint density at radius 1 is 0.882 bits per heavy atom. The van der Waals surface area contributed by atoms with Gasteiger partial charge in [0.1, 0.15) is 11.5 Å². The molecular formula is C22H18F6N6. The Bertz CT molecular complexity index is 1340. The summed E-state index contributed by atoms with van der Waals surface area (Å²) in [6.45, 7) is 2.22. The second-order valence-electron chi connectivity index (χ2n) is 8.36. The van der Waals surface area contributed by atoms with Crippen LogP contribution in [0.3, 0.4) is 0 Å². The summed E-state index contributed by atoms with van der Waals surface area (Å²) in [7, 11) is 0. The molecule has 1 atom stereocenters. The van der Waals surface area contributed by atoms with E-state index in [1.165, 1.54) is 29.3 Å². The molecule has 5 rings (SSSR count). The van der Waals surface area contributed by atoms with E-state index >= 15 is 0 Å². The molecule has 1 fully saturated rings. The Balaban J connectivity index is 1.64. The minimum Gasteiger partial charge on any atom is -0.357 e. The number of halogens is 6. The van der Waals surface area contributed by atoms with Crippen LogP contribution in [-0.4, -0.2) is 31.5 Å². The molecule has 4 aromatic rings. The highest BCUT2D eigenvalue weighted by atomic mass is 19.4. The first-order valence-corrected chi connectivity index (χ1v) is 10.4. The number of H-pyrrole nitrogens is 1. The molecule has 0 saturated carbocycles. The molecule has 0 radical (unpaired) electrons. The number of aromatic nitrogens is 5. The number of fused-ring (bicyclic) bond motifs is 1. The van der Waals surface area contributed by atoms with Gasteiger partial charge in [0.15, 0.2) is 0 Å². The summed E-state index contributed by atoms with van der Waals surface area (Å²) in [6, 6.07) is 6.55. The molecule has 0 spiro atoms. The van der Waals surface area contributed by atoms with Crippen LogP contribution in [0.25, 0.3) is 16.7 Å². The van der Waals surface area contributed by atoms with Crippen molar-refractivity contribution >= 4 is 16.7 Å². The number of alkyl halides is 6. The fourth-order valence-electron chi connectivity index (χ4n) is 4.46. The zero-order valence-electron chi connectivity index (χ0n) is 17.7. The molecule has 2 aromatic heterocycles. The quantitative estimate of drug-likeness (QED) is 0.383. The zero-order valence-corrected chi connectivity index (χ0v) is 17.7. The van der Waals surface area contributed by atoms with Crippen LogP contribution < -0.4 is 4.90 Å². The topological polar surface area (TPSA) is 62.6 Å². The summed E-state index contributed by atoms with van der Waals surface area (Å²) in [4.78, 5) is 10.5. The van der Waals surface area contributed by atoms with Crippen molar-refractivity contribution in [3.63, 3.8) is 0 Å². The number of rotatable bonds is 3. The largest absolute Gasteiger partial charge is 0.416 e. The van der Waals surface area contributed by atoms with Crippen LogP contribution in [0.5, 0.6) is 0 Å². The van der Waals surface area contributed by atoms with E-state index in [1.54, 1.807) is 4.90 Å². The van der Waals surface area contributed by atoms with E-state index < -0.39 is 29.0 Å². The minimum atomic E-state index is -4.56. The van der Waals surface area contributed by atoms with Gasteiger partial charge in [-0.25, -0.2) is 4.98 Å². The number of imidazole rings is 1. The Morgan fingerprint density at radius 2 is 1.53 bits per heavy atom. The Labute approximate surface area is 189 Å². The molecule has 1 N–H and O–H groups in total. The highest BCUT2D eigenvalue weighted by Gasteiger charge is 2.43. The Hall–Kier alpha value is -3.57. The lowest BCUT2D eigenvalue weighted by Crippen LogP contribution is -2.40. The lowest BCUT2D eigenvalue weighted by molar-refractivity contribution is -0.138. The van der Waals surface area contributed by atoms with Gasteiger partial charge in [-0.15, -0.1) is 4.80 Å². The average Bonchev–Trinajstić information content (AvgIpc) is 3.51. The summed E-state index contributed by atoms with van der Waals surface area (Å²) < 4.78 is 80.1. The van der Waals surface area contributed by atoms with Gasteiger partial charge in [-0.1, -0.05) is 0 Å². The standard InChI is InChI=1S/C22H18F6N6/c1-20(19-31-15-5-3-13(21(23,24)25)11-16(15)32-19)7-2-10-33(20)18-12-14(22(26,27)28)4-6-17(18)34-29-8-9-30-34/h3-6,8-9,11-12H,2,7,10H2,1H3,(H,31,32)/t20-/m0/s1. The van der Waals surface area contributed by atoms with Crippen molar-refractivity contribution in [3.8, 4) is 5.69 Å². The number of aromatic amines is 1. The highest BCUT2D eigenvalue weighted by Crippen LogP contribution is 2.45. The SMILES string of the molecule is C[C@@]1(c2nc3ccc(C(F)(F)F)cc3[nH]2)CCCN1c1cc(C(F)(F)F)ccc1-n1nccn1. The van der Waals surface area contributed by atoms with Gasteiger partial charge in [-0.3, -0.25) is 0 Å². The van der Waals surface area contributed by atoms with E-state index in [2.05, 4.69) is 20.2 Å². The first-order chi connectivity index (χ1) is 16.0. The van der Waals surface area contributed by atoms with Gasteiger partial charge in [0.2, 0.25) is 0 Å². The van der Waals surface area contributed by atoms with Gasteiger partial charge in [-0.2, -0.15) is 36.5 Å². The van der Waals surface area contributed by atoms with Gasteiger partial charge >= 0.3 is 12.4 Å². The lowest BCUT2D eigenvalue weighted by Gasteiger charge is -2.36. The summed E-state index contributed by atoms with van der Waals surface area (Å²) in [6.07, 6.45) is -5.06. The van der Waals surface area contributed by atoms with Crippen molar-refractivity contribution in [2.75, 3.05) is 11.4 Å². The third-order valence-electron chi connectivity index (χ3n) is 6.19. The van der Waals surface area contributed by atoms with Crippen LogP contribution in [0.15, 0.2) is 48.8 Å². The van der Waals surface area contributed by atoms with E-state index in [1.807, 2.05) is 6.92 Å². The van der Waals surface area contributed by atoms with Crippen LogP contribution in [0.2, 0.25) is 0 Å². The third-order valence-corrected chi connectivity index (χ3v) is 6.19. The first kappa shape index (κ1) is 22.2. The molecule has 1 aliphatic rings. The second-order valence-corrected chi connectivity index (χ2v) is 8.36. The average molecular weight is 480 g/mol. The predicted octanol–water partition coefficient (Wildman–Crippen LogP) is 5.70. The van der Waals surface area contributed by atoms with E-state index in [-0.39, 0.29) is 11.2 Å². The molecule has 178 valence electrons. The number of benzene rings is 2. The number of nitrogens with zero attached hydrogens (tertiary/aromatic N) is 5. The molecule has 34 heavy (non-hydrogen) atoms. The fraction of sp³-hybridized carbons (Fsp3) is 0.318. The molecule has 0 unspecified atom stereocenters. The van der Waals surface area contributed by atoms with E-state index in [0.29, 0.717) is 36.4 Å². The van der Waals surface area contributed by atoms with Gasteiger partial charge < -0.3 is 9.88 Å². The molecule has 12 heteroatoms. The minimum absolute atomic E-state index is 0.205. The van der Waals surface area contributed by atoms with Gasteiger partial charge in [0, 0.05) is 6.54 Å². The van der Waals surface area contributed by atoms with Gasteiger partial charge in [0.05, 0.1) is 45.8 Å². The maximum Gasteiger partial charge on any atom is 0.416 e. The van der Waals surface area contributed by atoms with E-state index in [0.717, 1.165) is 24.3 Å². The van der Waals surface area contributed by atoms with Gasteiger partial charge in [-0.05, 0) is 56.2 Å². The molecule has 6 nitrogen and oxygen atoms in total. The lowest BCUT2D eigenvalue weighted by atomic mass is 9.96. The predicted molar refractivity (Wildman–Crippen MR) is 111 cm³/mol. The van der Waals surface area contributed by atoms with Crippen LogP contribution in [0, 0.1) is 0 Å². The summed E-state index contributed by atoms with van der Waals surface area (Å²) in [5, 5.41) is 8.13. The van der Waals surface area contributed by atoms with Crippen LogP contribution >= 0.6 is 0 Å². The smallest absolute Gasteiger partial charge is 0.357 e. The number of hydrogen-bond acceptors (Lipinski definition) is 4. The molecule has 1 aliphatic heterocycles. The zero-order chi connectivity index (χ0) is 24.3. The normalized spacial score (nSPS) is 19.3. The van der Waals surface area contributed by atoms with Crippen molar-refractivity contribution in [3.05, 3.63) is 65.7 Å². The van der Waals surface area contributed by atoms with Crippen molar-refractivity contribution in [1.29, 1.82) is 0 Å². The Kier molecular flexibility index (Phi) is 4.88. The van der Waals surface area contributed by atoms with Crippen LogP contribution in [0.4, 0.5) is 32.0 Å². The monoisotopic (exact) mass is 480 g/mol. The van der Waals surface area contributed by atoms with E-state index in [4.69, 9.17) is 0 Å². The molecule has 3 heterocycles. The summed E-state index contributed by atoms with van der Waals surface area (Å²) in [5.74, 6) is 0.371. The second kappa shape index (κ2) is 7.47. The molecule has 0 aliphatic carbocycles. The summed E-state index contributed by atoms with van der Waals surface area (Å²) >= 11 is 0. The number of nitrogens with one attached hydrogen (secondary N) is 1. The fourth-order valence-corrected chi connectivity index (χ4v) is 4.46. The van der Waals surface area contributed by atoms with Crippen molar-refractivity contribution in [2.24, 2.45) is 0 Å². The van der Waals surface area contributed by atoms with Crippen molar-refractivity contribution in [1.82, 2.24) is 25.0 Å². The number of anilines is 1. The molecule has 0 amide bonds. The van der Waals surface area contributed by atoms with Crippen molar-refractivity contribution < 1.29 is 26.3 Å². The summed E-state index contributed by atoms with van der Waals surface area (Å²) in [5.41, 5.74) is -1.39. The van der Waals surface area contributed by atoms with Gasteiger partial charge in [0.25, 0.3) is 0 Å². The van der Waals surface area contributed by atoms with Crippen LogP contribution in [-0.2, 0) is 17.9 Å². The van der Waals surface area contributed by atoms with Crippen molar-refractivity contribution in [2.45, 2.75) is 37.7 Å². The first-order valence-electron chi connectivity index (χ1n) is 10.4.